The highest BCUT2D eigenvalue weighted by atomic mass is 16.5. The summed E-state index contributed by atoms with van der Waals surface area (Å²) in [5.74, 6) is -0.296. The van der Waals surface area contributed by atoms with Crippen LogP contribution in [0, 0.1) is 0 Å². The molecular formula is C13H21N3O3. The smallest absolute Gasteiger partial charge is 0.272 e. The predicted octanol–water partition coefficient (Wildman–Crippen LogP) is 0.808. The van der Waals surface area contributed by atoms with E-state index in [4.69, 9.17) is 4.74 Å². The highest BCUT2D eigenvalue weighted by molar-refractivity contribution is 5.92. The number of carbonyl (C=O) groups excluding carboxylic acids is 1. The third-order valence-corrected chi connectivity index (χ3v) is 2.62. The lowest BCUT2D eigenvalue weighted by atomic mass is 10.3. The fourth-order valence-electron chi connectivity index (χ4n) is 1.63. The fraction of sp³-hybridized carbons (Fsp3) is 0.615. The summed E-state index contributed by atoms with van der Waals surface area (Å²) in [5.41, 5.74) is 0.0635. The van der Waals surface area contributed by atoms with Gasteiger partial charge in [-0.05, 0) is 19.4 Å². The molecule has 0 saturated carbocycles. The molecule has 1 rings (SSSR count). The average Bonchev–Trinajstić information content (AvgIpc) is 2.37. The number of rotatable bonds is 7. The Balaban J connectivity index is 2.77. The first-order valence-corrected chi connectivity index (χ1v) is 6.46. The van der Waals surface area contributed by atoms with E-state index in [0.29, 0.717) is 13.2 Å². The second-order valence-corrected chi connectivity index (χ2v) is 4.46. The van der Waals surface area contributed by atoms with Gasteiger partial charge in [0.05, 0.1) is 6.61 Å². The average molecular weight is 267 g/mol. The molecule has 1 unspecified atom stereocenters. The molecule has 1 amide bonds. The maximum Gasteiger partial charge on any atom is 0.272 e. The van der Waals surface area contributed by atoms with E-state index in [2.05, 4.69) is 10.4 Å². The van der Waals surface area contributed by atoms with Gasteiger partial charge in [0, 0.05) is 25.8 Å². The minimum absolute atomic E-state index is 0.102. The number of amides is 1. The minimum Gasteiger partial charge on any atom is -0.383 e. The Labute approximate surface area is 112 Å². The number of ether oxygens (including phenoxy) is 1. The first kappa shape index (κ1) is 15.4. The summed E-state index contributed by atoms with van der Waals surface area (Å²) in [6.07, 6.45) is 1.83. The summed E-state index contributed by atoms with van der Waals surface area (Å²) in [5, 5.41) is 6.83. The molecule has 6 heteroatoms. The normalized spacial score (nSPS) is 12.2. The largest absolute Gasteiger partial charge is 0.383 e. The molecule has 0 aliphatic carbocycles. The Morgan fingerprint density at radius 3 is 2.89 bits per heavy atom. The number of carbonyl (C=O) groups is 1. The van der Waals surface area contributed by atoms with E-state index in [-0.39, 0.29) is 23.2 Å². The van der Waals surface area contributed by atoms with Crippen LogP contribution in [0.15, 0.2) is 16.9 Å². The Hall–Kier alpha value is -1.69. The van der Waals surface area contributed by atoms with Crippen molar-refractivity contribution >= 4 is 5.91 Å². The summed E-state index contributed by atoms with van der Waals surface area (Å²) in [7, 11) is 1.58. The quantitative estimate of drug-likeness (QED) is 0.793. The maximum atomic E-state index is 11.9. The standard InChI is InChI=1S/C13H21N3O3/c1-4-5-8-16-12(17)7-6-11(15-16)13(18)14-10(2)9-19-3/h6-7,10H,4-5,8-9H2,1-3H3,(H,14,18). The SMILES string of the molecule is CCCCn1nc(C(=O)NC(C)COC)ccc1=O. The Morgan fingerprint density at radius 1 is 1.53 bits per heavy atom. The molecule has 1 heterocycles. The van der Waals surface area contributed by atoms with Crippen LogP contribution < -0.4 is 10.9 Å². The topological polar surface area (TPSA) is 73.2 Å². The third-order valence-electron chi connectivity index (χ3n) is 2.62. The van der Waals surface area contributed by atoms with E-state index in [1.165, 1.54) is 16.8 Å². The molecule has 0 spiro atoms. The fourth-order valence-corrected chi connectivity index (χ4v) is 1.63. The van der Waals surface area contributed by atoms with Crippen molar-refractivity contribution in [3.05, 3.63) is 28.2 Å². The zero-order valence-electron chi connectivity index (χ0n) is 11.7. The molecule has 0 radical (unpaired) electrons. The molecule has 1 atom stereocenters. The summed E-state index contributed by atoms with van der Waals surface area (Å²) < 4.78 is 6.28. The van der Waals surface area contributed by atoms with Crippen molar-refractivity contribution in [2.75, 3.05) is 13.7 Å². The molecule has 0 fully saturated rings. The highest BCUT2D eigenvalue weighted by Crippen LogP contribution is 1.95. The lowest BCUT2D eigenvalue weighted by Crippen LogP contribution is -2.37. The van der Waals surface area contributed by atoms with E-state index in [9.17, 15) is 9.59 Å². The number of unbranched alkanes of at least 4 members (excludes halogenated alkanes) is 1. The molecule has 0 aliphatic rings. The van der Waals surface area contributed by atoms with Gasteiger partial charge in [0.15, 0.2) is 0 Å². The Morgan fingerprint density at radius 2 is 2.26 bits per heavy atom. The Kier molecular flexibility index (Phi) is 6.21. The van der Waals surface area contributed by atoms with Crippen LogP contribution in [0.3, 0.4) is 0 Å². The monoisotopic (exact) mass is 267 g/mol. The second kappa shape index (κ2) is 7.68. The number of nitrogens with one attached hydrogen (secondary N) is 1. The number of nitrogens with zero attached hydrogens (tertiary/aromatic N) is 2. The zero-order valence-corrected chi connectivity index (χ0v) is 11.7. The number of aryl methyl sites for hydroxylation is 1. The van der Waals surface area contributed by atoms with Gasteiger partial charge in [-0.2, -0.15) is 5.10 Å². The van der Waals surface area contributed by atoms with Crippen molar-refractivity contribution in [3.63, 3.8) is 0 Å². The van der Waals surface area contributed by atoms with Crippen LogP contribution in [0.4, 0.5) is 0 Å². The van der Waals surface area contributed by atoms with E-state index < -0.39 is 0 Å². The number of methoxy groups -OCH3 is 1. The first-order chi connectivity index (χ1) is 9.08. The predicted molar refractivity (Wildman–Crippen MR) is 72.2 cm³/mol. The van der Waals surface area contributed by atoms with Crippen molar-refractivity contribution in [3.8, 4) is 0 Å². The first-order valence-electron chi connectivity index (χ1n) is 6.46. The van der Waals surface area contributed by atoms with Gasteiger partial charge in [-0.1, -0.05) is 13.3 Å². The lowest BCUT2D eigenvalue weighted by molar-refractivity contribution is 0.0898. The van der Waals surface area contributed by atoms with E-state index >= 15 is 0 Å². The van der Waals surface area contributed by atoms with Crippen molar-refractivity contribution in [1.82, 2.24) is 15.1 Å². The molecule has 1 N–H and O–H groups in total. The van der Waals surface area contributed by atoms with Crippen LogP contribution in [0.25, 0.3) is 0 Å². The molecule has 106 valence electrons. The van der Waals surface area contributed by atoms with Gasteiger partial charge in [0.25, 0.3) is 11.5 Å². The second-order valence-electron chi connectivity index (χ2n) is 4.46. The van der Waals surface area contributed by atoms with Crippen molar-refractivity contribution in [2.45, 2.75) is 39.3 Å². The van der Waals surface area contributed by atoms with Crippen molar-refractivity contribution in [2.24, 2.45) is 0 Å². The molecule has 0 bridgehead atoms. The Bertz CT molecular complexity index is 470. The van der Waals surface area contributed by atoms with Gasteiger partial charge in [0.1, 0.15) is 5.69 Å². The van der Waals surface area contributed by atoms with Gasteiger partial charge in [-0.3, -0.25) is 9.59 Å². The number of aromatic nitrogens is 2. The van der Waals surface area contributed by atoms with Crippen molar-refractivity contribution in [1.29, 1.82) is 0 Å². The molecular weight excluding hydrogens is 246 g/mol. The number of hydrogen-bond donors (Lipinski definition) is 1. The molecule has 0 aromatic carbocycles. The van der Waals surface area contributed by atoms with Crippen LogP contribution in [-0.2, 0) is 11.3 Å². The van der Waals surface area contributed by atoms with Crippen molar-refractivity contribution < 1.29 is 9.53 Å². The van der Waals surface area contributed by atoms with Gasteiger partial charge >= 0.3 is 0 Å². The molecule has 6 nitrogen and oxygen atoms in total. The van der Waals surface area contributed by atoms with Gasteiger partial charge in [-0.15, -0.1) is 0 Å². The molecule has 1 aromatic rings. The van der Waals surface area contributed by atoms with Gasteiger partial charge in [0.2, 0.25) is 0 Å². The summed E-state index contributed by atoms with van der Waals surface area (Å²) in [6.45, 7) is 4.84. The number of hydrogen-bond acceptors (Lipinski definition) is 4. The van der Waals surface area contributed by atoms with Crippen LogP contribution in [0.2, 0.25) is 0 Å². The molecule has 0 aliphatic heterocycles. The van der Waals surface area contributed by atoms with Gasteiger partial charge in [-0.25, -0.2) is 4.68 Å². The van der Waals surface area contributed by atoms with E-state index in [0.717, 1.165) is 12.8 Å². The molecule has 1 aromatic heterocycles. The minimum atomic E-state index is -0.296. The van der Waals surface area contributed by atoms with E-state index in [1.807, 2.05) is 13.8 Å². The molecule has 0 saturated heterocycles. The summed E-state index contributed by atoms with van der Waals surface area (Å²) in [6, 6.07) is 2.72. The third kappa shape index (κ3) is 4.82. The lowest BCUT2D eigenvalue weighted by Gasteiger charge is -2.12. The van der Waals surface area contributed by atoms with Crippen LogP contribution in [-0.4, -0.2) is 35.4 Å². The van der Waals surface area contributed by atoms with E-state index in [1.54, 1.807) is 7.11 Å². The van der Waals surface area contributed by atoms with Crippen LogP contribution >= 0.6 is 0 Å². The zero-order chi connectivity index (χ0) is 14.3. The van der Waals surface area contributed by atoms with Crippen LogP contribution in [0.5, 0.6) is 0 Å². The maximum absolute atomic E-state index is 11.9. The molecule has 19 heavy (non-hydrogen) atoms. The summed E-state index contributed by atoms with van der Waals surface area (Å²) in [4.78, 5) is 23.5. The highest BCUT2D eigenvalue weighted by Gasteiger charge is 2.12. The van der Waals surface area contributed by atoms with Crippen LogP contribution in [0.1, 0.15) is 37.2 Å². The summed E-state index contributed by atoms with van der Waals surface area (Å²) >= 11 is 0. The van der Waals surface area contributed by atoms with Gasteiger partial charge < -0.3 is 10.1 Å².